The van der Waals surface area contributed by atoms with E-state index < -0.39 is 6.10 Å². The molecule has 0 heterocycles. The van der Waals surface area contributed by atoms with Crippen molar-refractivity contribution in [2.75, 3.05) is 7.11 Å². The summed E-state index contributed by atoms with van der Waals surface area (Å²) in [5.41, 5.74) is 0.590. The number of methoxy groups -OCH3 is 1. The van der Waals surface area contributed by atoms with Gasteiger partial charge in [0.25, 0.3) is 0 Å². The number of halogens is 3. The third kappa shape index (κ3) is 2.78. The minimum atomic E-state index is -0.694. The van der Waals surface area contributed by atoms with Crippen molar-refractivity contribution in [3.63, 3.8) is 0 Å². The van der Waals surface area contributed by atoms with Gasteiger partial charge in [0.1, 0.15) is 10.8 Å². The average Bonchev–Trinajstić information content (AvgIpc) is 2.21. The molecule has 0 aliphatic carbocycles. The van der Waals surface area contributed by atoms with Gasteiger partial charge in [0.15, 0.2) is 0 Å². The highest BCUT2D eigenvalue weighted by atomic mass is 79.9. The maximum Gasteiger partial charge on any atom is 0.139 e. The van der Waals surface area contributed by atoms with Gasteiger partial charge in [-0.1, -0.05) is 45.2 Å². The van der Waals surface area contributed by atoms with Gasteiger partial charge in [-0.2, -0.15) is 0 Å². The van der Waals surface area contributed by atoms with E-state index in [1.807, 2.05) is 6.92 Å². The zero-order chi connectivity index (χ0) is 11.6. The molecular formula is C10H11BrCl2O2. The van der Waals surface area contributed by atoms with Gasteiger partial charge in [0.2, 0.25) is 0 Å². The van der Waals surface area contributed by atoms with E-state index in [-0.39, 0.29) is 4.83 Å². The van der Waals surface area contributed by atoms with Gasteiger partial charge in [0, 0.05) is 10.4 Å². The highest BCUT2D eigenvalue weighted by Gasteiger charge is 2.19. The van der Waals surface area contributed by atoms with Crippen LogP contribution in [0.4, 0.5) is 0 Å². The first kappa shape index (κ1) is 13.1. The summed E-state index contributed by atoms with van der Waals surface area (Å²) in [5.74, 6) is 0.500. The van der Waals surface area contributed by atoms with Crippen molar-refractivity contribution < 1.29 is 9.84 Å². The van der Waals surface area contributed by atoms with Crippen molar-refractivity contribution in [1.29, 1.82) is 0 Å². The Bertz CT molecular complexity index is 356. The number of alkyl halides is 1. The van der Waals surface area contributed by atoms with Gasteiger partial charge in [-0.25, -0.2) is 0 Å². The number of aliphatic hydroxyl groups excluding tert-OH is 1. The molecule has 15 heavy (non-hydrogen) atoms. The van der Waals surface area contributed by atoms with Crippen molar-refractivity contribution in [3.8, 4) is 5.75 Å². The lowest BCUT2D eigenvalue weighted by atomic mass is 10.1. The van der Waals surface area contributed by atoms with Crippen LogP contribution in [-0.2, 0) is 0 Å². The van der Waals surface area contributed by atoms with Crippen LogP contribution in [0.25, 0.3) is 0 Å². The van der Waals surface area contributed by atoms with E-state index >= 15 is 0 Å². The van der Waals surface area contributed by atoms with Crippen LogP contribution in [-0.4, -0.2) is 17.0 Å². The molecule has 0 saturated heterocycles. The third-order valence-corrected chi connectivity index (χ3v) is 3.43. The summed E-state index contributed by atoms with van der Waals surface area (Å²) >= 11 is 15.3. The maximum atomic E-state index is 9.84. The minimum Gasteiger partial charge on any atom is -0.495 e. The number of ether oxygens (including phenoxy) is 1. The van der Waals surface area contributed by atoms with E-state index in [9.17, 15) is 5.11 Å². The highest BCUT2D eigenvalue weighted by molar-refractivity contribution is 9.09. The van der Waals surface area contributed by atoms with E-state index in [1.54, 1.807) is 12.1 Å². The lowest BCUT2D eigenvalue weighted by Crippen LogP contribution is -2.08. The standard InChI is InChI=1S/C10H11BrCl2O2/c1-5(11)10(14)6-3-4-7(15-2)9(13)8(6)12/h3-5,10,14H,1-2H3. The molecule has 0 amide bonds. The molecule has 1 N–H and O–H groups in total. The second-order valence-corrected chi connectivity index (χ2v) is 5.31. The van der Waals surface area contributed by atoms with Crippen LogP contribution >= 0.6 is 39.1 Å². The smallest absolute Gasteiger partial charge is 0.139 e. The fourth-order valence-electron chi connectivity index (χ4n) is 1.18. The highest BCUT2D eigenvalue weighted by Crippen LogP contribution is 2.38. The monoisotopic (exact) mass is 312 g/mol. The van der Waals surface area contributed by atoms with Crippen molar-refractivity contribution in [2.24, 2.45) is 0 Å². The Labute approximate surface area is 107 Å². The van der Waals surface area contributed by atoms with Gasteiger partial charge in [-0.15, -0.1) is 0 Å². The molecule has 2 nitrogen and oxygen atoms in total. The molecule has 0 radical (unpaired) electrons. The topological polar surface area (TPSA) is 29.5 Å². The van der Waals surface area contributed by atoms with Gasteiger partial charge in [-0.05, 0) is 13.0 Å². The third-order valence-electron chi connectivity index (χ3n) is 2.05. The largest absolute Gasteiger partial charge is 0.495 e. The summed E-state index contributed by atoms with van der Waals surface area (Å²) < 4.78 is 5.01. The predicted octanol–water partition coefficient (Wildman–Crippen LogP) is 3.82. The van der Waals surface area contributed by atoms with Crippen LogP contribution in [0, 0.1) is 0 Å². The van der Waals surface area contributed by atoms with Gasteiger partial charge in [0.05, 0.1) is 18.2 Å². The molecule has 84 valence electrons. The van der Waals surface area contributed by atoms with Crippen LogP contribution in [0.2, 0.25) is 10.0 Å². The molecule has 1 aromatic carbocycles. The number of hydrogen-bond acceptors (Lipinski definition) is 2. The molecule has 0 spiro atoms. The summed E-state index contributed by atoms with van der Waals surface area (Å²) in [6.45, 7) is 1.83. The second-order valence-electron chi connectivity index (χ2n) is 3.11. The molecular weight excluding hydrogens is 303 g/mol. The quantitative estimate of drug-likeness (QED) is 0.860. The minimum absolute atomic E-state index is 0.0977. The van der Waals surface area contributed by atoms with Crippen LogP contribution < -0.4 is 4.74 Å². The van der Waals surface area contributed by atoms with Crippen molar-refractivity contribution in [1.82, 2.24) is 0 Å². The van der Waals surface area contributed by atoms with Gasteiger partial charge in [-0.3, -0.25) is 0 Å². The normalized spacial score (nSPS) is 14.8. The van der Waals surface area contributed by atoms with Crippen LogP contribution in [0.3, 0.4) is 0 Å². The average molecular weight is 314 g/mol. The van der Waals surface area contributed by atoms with E-state index in [4.69, 9.17) is 27.9 Å². The molecule has 2 unspecified atom stereocenters. The van der Waals surface area contributed by atoms with Gasteiger partial charge < -0.3 is 9.84 Å². The van der Waals surface area contributed by atoms with Gasteiger partial charge >= 0.3 is 0 Å². The molecule has 0 aromatic heterocycles. The number of hydrogen-bond donors (Lipinski definition) is 1. The number of benzene rings is 1. The number of rotatable bonds is 3. The van der Waals surface area contributed by atoms with Crippen molar-refractivity contribution in [3.05, 3.63) is 27.7 Å². The Morgan fingerprint density at radius 2 is 1.93 bits per heavy atom. The molecule has 1 aromatic rings. The van der Waals surface area contributed by atoms with E-state index in [1.165, 1.54) is 7.11 Å². The molecule has 0 aliphatic rings. The SMILES string of the molecule is COc1ccc(C(O)C(C)Br)c(Cl)c1Cl. The first-order chi connectivity index (χ1) is 6.99. The van der Waals surface area contributed by atoms with E-state index in [0.717, 1.165) is 0 Å². The Balaban J connectivity index is 3.17. The fraction of sp³-hybridized carbons (Fsp3) is 0.400. The van der Waals surface area contributed by atoms with E-state index in [2.05, 4.69) is 15.9 Å². The maximum absolute atomic E-state index is 9.84. The molecule has 0 bridgehead atoms. The Hall–Kier alpha value is 0.0400. The lowest BCUT2D eigenvalue weighted by molar-refractivity contribution is 0.181. The Morgan fingerprint density at radius 1 is 1.33 bits per heavy atom. The second kappa shape index (κ2) is 5.39. The Morgan fingerprint density at radius 3 is 2.40 bits per heavy atom. The first-order valence-corrected chi connectivity index (χ1v) is 6.00. The van der Waals surface area contributed by atoms with E-state index in [0.29, 0.717) is 21.4 Å². The predicted molar refractivity (Wildman–Crippen MR) is 66.4 cm³/mol. The molecule has 2 atom stereocenters. The molecule has 5 heteroatoms. The Kier molecular flexibility index (Phi) is 4.71. The molecule has 0 aliphatic heterocycles. The summed E-state index contributed by atoms with van der Waals surface area (Å²) in [6.07, 6.45) is -0.694. The molecule has 0 fully saturated rings. The first-order valence-electron chi connectivity index (χ1n) is 4.33. The van der Waals surface area contributed by atoms with Crippen molar-refractivity contribution in [2.45, 2.75) is 17.9 Å². The van der Waals surface area contributed by atoms with Crippen LogP contribution in [0.15, 0.2) is 12.1 Å². The fourth-order valence-corrected chi connectivity index (χ4v) is 1.98. The summed E-state index contributed by atoms with van der Waals surface area (Å²) in [6, 6.07) is 3.39. The zero-order valence-electron chi connectivity index (χ0n) is 8.30. The summed E-state index contributed by atoms with van der Waals surface area (Å²) in [5, 5.41) is 10.5. The molecule has 1 rings (SSSR count). The van der Waals surface area contributed by atoms with Crippen molar-refractivity contribution >= 4 is 39.1 Å². The van der Waals surface area contributed by atoms with Crippen LogP contribution in [0.1, 0.15) is 18.6 Å². The molecule has 0 saturated carbocycles. The van der Waals surface area contributed by atoms with Crippen LogP contribution in [0.5, 0.6) is 5.75 Å². The summed E-state index contributed by atoms with van der Waals surface area (Å²) in [4.78, 5) is -0.0977. The zero-order valence-corrected chi connectivity index (χ0v) is 11.4. The lowest BCUT2D eigenvalue weighted by Gasteiger charge is -2.16. The number of aliphatic hydroxyl groups is 1. The summed E-state index contributed by atoms with van der Waals surface area (Å²) in [7, 11) is 1.51.